The molecule has 0 radical (unpaired) electrons. The van der Waals surface area contributed by atoms with Gasteiger partial charge in [-0.1, -0.05) is 6.07 Å². The number of thiophene rings is 1. The van der Waals surface area contributed by atoms with Gasteiger partial charge >= 0.3 is 0 Å². The molecule has 1 fully saturated rings. The van der Waals surface area contributed by atoms with Crippen molar-refractivity contribution in [3.63, 3.8) is 0 Å². The van der Waals surface area contributed by atoms with Crippen molar-refractivity contribution < 1.29 is 14.3 Å². The Bertz CT molecular complexity index is 1170. The number of aromatic nitrogens is 4. The molecule has 1 aliphatic rings. The van der Waals surface area contributed by atoms with Gasteiger partial charge in [-0.25, -0.2) is 9.97 Å². The third kappa shape index (κ3) is 6.38. The first-order valence-electron chi connectivity index (χ1n) is 10.7. The molecule has 3 aromatic heterocycles. The molecule has 1 saturated heterocycles. The van der Waals surface area contributed by atoms with Crippen molar-refractivity contribution in [3.8, 4) is 11.8 Å². The number of nitrogen functional groups attached to an aromatic ring is 1. The summed E-state index contributed by atoms with van der Waals surface area (Å²) in [6, 6.07) is 5.33. The van der Waals surface area contributed by atoms with Crippen molar-refractivity contribution in [1.82, 2.24) is 24.8 Å². The van der Waals surface area contributed by atoms with Crippen molar-refractivity contribution in [1.29, 1.82) is 0 Å². The number of ether oxygens (including phenoxy) is 2. The van der Waals surface area contributed by atoms with Gasteiger partial charge in [-0.05, 0) is 36.3 Å². The summed E-state index contributed by atoms with van der Waals surface area (Å²) in [7, 11) is 5.15. The molecule has 0 aliphatic carbocycles. The Balaban J connectivity index is 1.55. The first-order valence-corrected chi connectivity index (χ1v) is 12.4. The van der Waals surface area contributed by atoms with E-state index in [2.05, 4.69) is 42.1 Å². The number of nitrogens with zero attached hydrogens (tertiary/aromatic N) is 6. The molecule has 0 unspecified atom stereocenters. The van der Waals surface area contributed by atoms with Gasteiger partial charge in [0, 0.05) is 43.2 Å². The Kier molecular flexibility index (Phi) is 8.00. The Hall–Kier alpha value is -3.42. The van der Waals surface area contributed by atoms with E-state index in [-0.39, 0.29) is 22.7 Å². The fourth-order valence-corrected chi connectivity index (χ4v) is 4.80. The molecule has 3 aromatic rings. The number of carbonyl (C=O) groups excluding carboxylic acids is 1. The minimum Gasteiger partial charge on any atom is -0.480 e. The fourth-order valence-electron chi connectivity index (χ4n) is 3.27. The molecule has 0 aromatic carbocycles. The van der Waals surface area contributed by atoms with E-state index in [1.807, 2.05) is 17.5 Å². The molecule has 0 spiro atoms. The number of amides is 1. The van der Waals surface area contributed by atoms with E-state index in [0.29, 0.717) is 22.6 Å². The first kappa shape index (κ1) is 24.7. The zero-order valence-electron chi connectivity index (χ0n) is 19.6. The molecule has 1 amide bonds. The second kappa shape index (κ2) is 11.3. The summed E-state index contributed by atoms with van der Waals surface area (Å²) in [6.45, 7) is 3.44. The molecular formula is C22H26N8O3S2. The van der Waals surface area contributed by atoms with E-state index in [1.165, 1.54) is 37.7 Å². The number of anilines is 3. The van der Waals surface area contributed by atoms with Crippen LogP contribution in [0.15, 0.2) is 39.7 Å². The predicted molar refractivity (Wildman–Crippen MR) is 137 cm³/mol. The number of piperazine rings is 1. The van der Waals surface area contributed by atoms with Crippen LogP contribution < -0.4 is 25.4 Å². The van der Waals surface area contributed by atoms with Gasteiger partial charge in [0.25, 0.3) is 0 Å². The summed E-state index contributed by atoms with van der Waals surface area (Å²) < 4.78 is 11.1. The lowest BCUT2D eigenvalue weighted by Gasteiger charge is -2.32. The Labute approximate surface area is 211 Å². The van der Waals surface area contributed by atoms with Crippen LogP contribution in [0.4, 0.5) is 17.6 Å². The standard InChI is InChI=1S/C22H26N8O3S2/c1-29-8-10-30(11-9-29)21-27-19(32-2)18(20(28-21)33-3)35-22-24-15(23)13-16(26-22)25-17(31)7-6-14-5-4-12-34-14/h4-7,12-13H,8-11H2,1-3H3,(H3,23,24,25,26,31)/b7-6+. The number of carbonyl (C=O) groups is 1. The lowest BCUT2D eigenvalue weighted by atomic mass is 10.3. The molecule has 4 heterocycles. The van der Waals surface area contributed by atoms with Crippen LogP contribution >= 0.6 is 23.1 Å². The molecular weight excluding hydrogens is 488 g/mol. The van der Waals surface area contributed by atoms with E-state index in [1.54, 1.807) is 6.08 Å². The molecule has 1 aliphatic heterocycles. The number of hydrogen-bond donors (Lipinski definition) is 2. The van der Waals surface area contributed by atoms with Crippen LogP contribution in [-0.4, -0.2) is 78.2 Å². The maximum absolute atomic E-state index is 12.3. The third-order valence-electron chi connectivity index (χ3n) is 5.08. The Morgan fingerprint density at radius 2 is 1.86 bits per heavy atom. The number of hydrogen-bond acceptors (Lipinski definition) is 12. The zero-order chi connectivity index (χ0) is 24.8. The third-order valence-corrected chi connectivity index (χ3v) is 6.83. The fraction of sp³-hybridized carbons (Fsp3) is 0.318. The van der Waals surface area contributed by atoms with Crippen LogP contribution in [0.1, 0.15) is 4.88 Å². The molecule has 0 bridgehead atoms. The van der Waals surface area contributed by atoms with Gasteiger partial charge in [-0.2, -0.15) is 9.97 Å². The maximum Gasteiger partial charge on any atom is 0.249 e. The first-order chi connectivity index (χ1) is 16.9. The quantitative estimate of drug-likeness (QED) is 0.339. The van der Waals surface area contributed by atoms with Crippen LogP contribution in [0.3, 0.4) is 0 Å². The number of likely N-dealkylation sites (N-methyl/N-ethyl adjacent to an activating group) is 1. The van der Waals surface area contributed by atoms with Gasteiger partial charge in [-0.3, -0.25) is 4.79 Å². The monoisotopic (exact) mass is 514 g/mol. The Morgan fingerprint density at radius 1 is 1.14 bits per heavy atom. The predicted octanol–water partition coefficient (Wildman–Crippen LogP) is 2.48. The van der Waals surface area contributed by atoms with E-state index < -0.39 is 0 Å². The molecule has 13 heteroatoms. The average Bonchev–Trinajstić information content (AvgIpc) is 3.37. The van der Waals surface area contributed by atoms with Crippen molar-refractivity contribution in [2.24, 2.45) is 0 Å². The summed E-state index contributed by atoms with van der Waals surface area (Å²) in [4.78, 5) is 36.0. The van der Waals surface area contributed by atoms with Gasteiger partial charge in [-0.15, -0.1) is 11.3 Å². The lowest BCUT2D eigenvalue weighted by molar-refractivity contribution is -0.111. The molecule has 184 valence electrons. The van der Waals surface area contributed by atoms with Gasteiger partial charge < -0.3 is 30.3 Å². The van der Waals surface area contributed by atoms with Gasteiger partial charge in [0.15, 0.2) is 5.16 Å². The summed E-state index contributed by atoms with van der Waals surface area (Å²) in [5, 5.41) is 4.94. The van der Waals surface area contributed by atoms with E-state index in [4.69, 9.17) is 15.2 Å². The Morgan fingerprint density at radius 3 is 2.49 bits per heavy atom. The molecule has 0 atom stereocenters. The summed E-state index contributed by atoms with van der Waals surface area (Å²) in [5.74, 6) is 1.36. The number of rotatable bonds is 8. The summed E-state index contributed by atoms with van der Waals surface area (Å²) >= 11 is 2.68. The largest absolute Gasteiger partial charge is 0.480 e. The van der Waals surface area contributed by atoms with E-state index in [0.717, 1.165) is 42.8 Å². The lowest BCUT2D eigenvalue weighted by Crippen LogP contribution is -2.45. The van der Waals surface area contributed by atoms with Crippen LogP contribution in [0.2, 0.25) is 0 Å². The second-order valence-electron chi connectivity index (χ2n) is 7.56. The minimum absolute atomic E-state index is 0.202. The van der Waals surface area contributed by atoms with E-state index in [9.17, 15) is 4.79 Å². The van der Waals surface area contributed by atoms with Gasteiger partial charge in [0.05, 0.1) is 14.2 Å². The SMILES string of the molecule is COc1nc(N2CCN(C)CC2)nc(OC)c1Sc1nc(N)cc(NC(=O)/C=C/c2cccs2)n1. The zero-order valence-corrected chi connectivity index (χ0v) is 21.2. The second-order valence-corrected chi connectivity index (χ2v) is 9.52. The van der Waals surface area contributed by atoms with Crippen molar-refractivity contribution >= 4 is 52.7 Å². The van der Waals surface area contributed by atoms with Crippen molar-refractivity contribution in [2.75, 3.05) is 63.4 Å². The van der Waals surface area contributed by atoms with Gasteiger partial charge in [0.2, 0.25) is 23.6 Å². The number of methoxy groups -OCH3 is 2. The summed E-state index contributed by atoms with van der Waals surface area (Å²) in [5.41, 5.74) is 5.98. The molecule has 4 rings (SSSR count). The highest BCUT2D eigenvalue weighted by Crippen LogP contribution is 2.40. The molecule has 3 N–H and O–H groups in total. The average molecular weight is 515 g/mol. The van der Waals surface area contributed by atoms with Crippen LogP contribution in [0.5, 0.6) is 11.8 Å². The number of nitrogens with two attached hydrogens (primary N) is 1. The van der Waals surface area contributed by atoms with E-state index >= 15 is 0 Å². The van der Waals surface area contributed by atoms with Crippen LogP contribution in [-0.2, 0) is 4.79 Å². The molecule has 0 saturated carbocycles. The highest BCUT2D eigenvalue weighted by atomic mass is 32.2. The van der Waals surface area contributed by atoms with Crippen molar-refractivity contribution in [2.45, 2.75) is 10.1 Å². The minimum atomic E-state index is -0.331. The number of nitrogens with one attached hydrogen (secondary N) is 1. The maximum atomic E-state index is 12.3. The van der Waals surface area contributed by atoms with Crippen LogP contribution in [0, 0.1) is 0 Å². The smallest absolute Gasteiger partial charge is 0.249 e. The topological polar surface area (TPSA) is 132 Å². The highest BCUT2D eigenvalue weighted by Gasteiger charge is 2.24. The van der Waals surface area contributed by atoms with Gasteiger partial charge in [0.1, 0.15) is 16.5 Å². The highest BCUT2D eigenvalue weighted by molar-refractivity contribution is 7.99. The normalized spacial score (nSPS) is 14.3. The molecule has 35 heavy (non-hydrogen) atoms. The van der Waals surface area contributed by atoms with Crippen molar-refractivity contribution in [3.05, 3.63) is 34.5 Å². The summed E-state index contributed by atoms with van der Waals surface area (Å²) in [6.07, 6.45) is 3.17. The van der Waals surface area contributed by atoms with Crippen LogP contribution in [0.25, 0.3) is 6.08 Å². The molecule has 11 nitrogen and oxygen atoms in total.